The first kappa shape index (κ1) is 15.5. The molecule has 0 saturated carbocycles. The normalized spacial score (nSPS) is 11.8. The first-order chi connectivity index (χ1) is 10.9. The molecule has 2 aromatic heterocycles. The lowest BCUT2D eigenvalue weighted by Crippen LogP contribution is -2.20. The zero-order valence-corrected chi connectivity index (χ0v) is 12.7. The van der Waals surface area contributed by atoms with Crippen molar-refractivity contribution in [3.8, 4) is 11.3 Å². The van der Waals surface area contributed by atoms with Crippen molar-refractivity contribution in [3.05, 3.63) is 29.3 Å². The lowest BCUT2D eigenvalue weighted by Gasteiger charge is -2.09. The molecule has 0 unspecified atom stereocenters. The maximum Gasteiger partial charge on any atom is 0.408 e. The summed E-state index contributed by atoms with van der Waals surface area (Å²) in [5.41, 5.74) is 3.22. The first-order valence-corrected chi connectivity index (χ1v) is 7.45. The molecule has 0 aliphatic heterocycles. The van der Waals surface area contributed by atoms with Crippen LogP contribution in [-0.4, -0.2) is 34.3 Å². The van der Waals surface area contributed by atoms with Crippen molar-refractivity contribution in [1.82, 2.24) is 14.8 Å². The van der Waals surface area contributed by atoms with Gasteiger partial charge in [-0.05, 0) is 12.1 Å². The van der Waals surface area contributed by atoms with Crippen molar-refractivity contribution in [1.29, 1.82) is 0 Å². The number of aromatic nitrogens is 3. The van der Waals surface area contributed by atoms with Crippen LogP contribution in [0.1, 0.15) is 10.4 Å². The lowest BCUT2D eigenvalue weighted by atomic mass is 10.1. The molecule has 0 radical (unpaired) electrons. The molecule has 3 rings (SSSR count). The standard InChI is InChI=1S/C14H11F3N4OS/c1-18-13-9(5-22)12(20-21(13)6-14(15,16)17)8-2-3-11-10(4-8)19-7-23-11/h2-5,7,18H,6H2,1H3. The van der Waals surface area contributed by atoms with E-state index in [4.69, 9.17) is 0 Å². The van der Waals surface area contributed by atoms with Crippen LogP contribution in [0.25, 0.3) is 21.5 Å². The Morgan fingerprint density at radius 3 is 2.83 bits per heavy atom. The highest BCUT2D eigenvalue weighted by atomic mass is 32.1. The molecular formula is C14H11F3N4OS. The summed E-state index contributed by atoms with van der Waals surface area (Å²) in [4.78, 5) is 15.6. The molecule has 23 heavy (non-hydrogen) atoms. The Morgan fingerprint density at radius 2 is 2.17 bits per heavy atom. The van der Waals surface area contributed by atoms with Crippen LogP contribution in [0.4, 0.5) is 19.0 Å². The number of alkyl halides is 3. The summed E-state index contributed by atoms with van der Waals surface area (Å²) >= 11 is 1.45. The van der Waals surface area contributed by atoms with E-state index in [1.54, 1.807) is 23.7 Å². The van der Waals surface area contributed by atoms with Gasteiger partial charge in [0.2, 0.25) is 0 Å². The van der Waals surface area contributed by atoms with Crippen molar-refractivity contribution >= 4 is 33.7 Å². The SMILES string of the molecule is CNc1c(C=O)c(-c2ccc3scnc3c2)nn1CC(F)(F)F. The largest absolute Gasteiger partial charge is 0.408 e. The molecule has 1 aromatic carbocycles. The molecule has 9 heteroatoms. The third-order valence-corrected chi connectivity index (χ3v) is 4.09. The predicted octanol–water partition coefficient (Wildman–Crippen LogP) is 3.58. The molecule has 120 valence electrons. The zero-order valence-electron chi connectivity index (χ0n) is 11.9. The average molecular weight is 340 g/mol. The average Bonchev–Trinajstić information content (AvgIpc) is 3.08. The van der Waals surface area contributed by atoms with E-state index in [2.05, 4.69) is 15.4 Å². The van der Waals surface area contributed by atoms with Crippen LogP contribution in [0, 0.1) is 0 Å². The molecule has 0 amide bonds. The molecule has 2 heterocycles. The Morgan fingerprint density at radius 1 is 1.39 bits per heavy atom. The molecule has 1 N–H and O–H groups in total. The van der Waals surface area contributed by atoms with Gasteiger partial charge in [-0.3, -0.25) is 4.79 Å². The minimum absolute atomic E-state index is 0.0331. The summed E-state index contributed by atoms with van der Waals surface area (Å²) in [7, 11) is 1.45. The number of rotatable bonds is 4. The summed E-state index contributed by atoms with van der Waals surface area (Å²) in [6, 6.07) is 5.23. The summed E-state index contributed by atoms with van der Waals surface area (Å²) in [6.07, 6.45) is -3.93. The highest BCUT2D eigenvalue weighted by Gasteiger charge is 2.31. The molecule has 0 aliphatic rings. The fourth-order valence-electron chi connectivity index (χ4n) is 2.35. The van der Waals surface area contributed by atoms with Crippen LogP contribution in [-0.2, 0) is 6.54 Å². The highest BCUT2D eigenvalue weighted by molar-refractivity contribution is 7.16. The number of benzene rings is 1. The van der Waals surface area contributed by atoms with Crippen LogP contribution in [0.15, 0.2) is 23.7 Å². The fraction of sp³-hybridized carbons (Fsp3) is 0.214. The number of nitrogens with one attached hydrogen (secondary N) is 1. The van der Waals surface area contributed by atoms with Gasteiger partial charge in [-0.15, -0.1) is 11.3 Å². The van der Waals surface area contributed by atoms with Crippen LogP contribution in [0.3, 0.4) is 0 Å². The molecule has 0 fully saturated rings. The van der Waals surface area contributed by atoms with Crippen molar-refractivity contribution in [2.75, 3.05) is 12.4 Å². The van der Waals surface area contributed by atoms with E-state index in [9.17, 15) is 18.0 Å². The maximum atomic E-state index is 12.7. The highest BCUT2D eigenvalue weighted by Crippen LogP contribution is 2.32. The van der Waals surface area contributed by atoms with Crippen molar-refractivity contribution in [2.45, 2.75) is 12.7 Å². The van der Waals surface area contributed by atoms with Crippen molar-refractivity contribution < 1.29 is 18.0 Å². The van der Waals surface area contributed by atoms with Gasteiger partial charge in [-0.2, -0.15) is 18.3 Å². The molecule has 0 spiro atoms. The molecular weight excluding hydrogens is 329 g/mol. The Bertz CT molecular complexity index is 869. The predicted molar refractivity (Wildman–Crippen MR) is 81.8 cm³/mol. The van der Waals surface area contributed by atoms with E-state index in [-0.39, 0.29) is 17.1 Å². The van der Waals surface area contributed by atoms with Gasteiger partial charge in [-0.25, -0.2) is 9.67 Å². The van der Waals surface area contributed by atoms with Gasteiger partial charge in [0.15, 0.2) is 6.29 Å². The lowest BCUT2D eigenvalue weighted by molar-refractivity contribution is -0.142. The number of halogens is 3. The second-order valence-corrected chi connectivity index (χ2v) is 5.67. The minimum Gasteiger partial charge on any atom is -0.373 e. The summed E-state index contributed by atoms with van der Waals surface area (Å²) in [6.45, 7) is -1.27. The maximum absolute atomic E-state index is 12.7. The van der Waals surface area contributed by atoms with Gasteiger partial charge in [-0.1, -0.05) is 6.07 Å². The van der Waals surface area contributed by atoms with Crippen LogP contribution >= 0.6 is 11.3 Å². The summed E-state index contributed by atoms with van der Waals surface area (Å²) in [5, 5.41) is 6.59. The minimum atomic E-state index is -4.44. The van der Waals surface area contributed by atoms with E-state index in [1.165, 1.54) is 18.4 Å². The number of hydrogen-bond donors (Lipinski definition) is 1. The number of nitrogens with zero attached hydrogens (tertiary/aromatic N) is 3. The van der Waals surface area contributed by atoms with Crippen LogP contribution in [0.5, 0.6) is 0 Å². The summed E-state index contributed by atoms with van der Waals surface area (Å²) in [5.74, 6) is 0.0331. The van der Waals surface area contributed by atoms with Crippen LogP contribution in [0.2, 0.25) is 0 Å². The van der Waals surface area contributed by atoms with Gasteiger partial charge in [0.05, 0.1) is 21.3 Å². The Labute approximate surface area is 132 Å². The third kappa shape index (κ3) is 2.91. The molecule has 0 bridgehead atoms. The fourth-order valence-corrected chi connectivity index (χ4v) is 3.01. The quantitative estimate of drug-likeness (QED) is 0.738. The number of hydrogen-bond acceptors (Lipinski definition) is 5. The Balaban J connectivity index is 2.15. The number of carbonyl (C=O) groups is 1. The molecule has 5 nitrogen and oxygen atoms in total. The number of anilines is 1. The molecule has 0 aliphatic carbocycles. The molecule has 0 atom stereocenters. The van der Waals surface area contributed by atoms with Gasteiger partial charge in [0.1, 0.15) is 18.1 Å². The second kappa shape index (κ2) is 5.65. The van der Waals surface area contributed by atoms with Gasteiger partial charge in [0, 0.05) is 12.6 Å². The zero-order chi connectivity index (χ0) is 16.6. The van der Waals surface area contributed by atoms with Crippen molar-refractivity contribution in [2.24, 2.45) is 0 Å². The number of aldehydes is 1. The Kier molecular flexibility index (Phi) is 3.80. The van der Waals surface area contributed by atoms with Gasteiger partial charge < -0.3 is 5.32 Å². The number of fused-ring (bicyclic) bond motifs is 1. The topological polar surface area (TPSA) is 59.8 Å². The van der Waals surface area contributed by atoms with E-state index in [0.717, 1.165) is 9.38 Å². The monoisotopic (exact) mass is 340 g/mol. The Hall–Kier alpha value is -2.42. The smallest absolute Gasteiger partial charge is 0.373 e. The first-order valence-electron chi connectivity index (χ1n) is 6.57. The van der Waals surface area contributed by atoms with Crippen LogP contribution < -0.4 is 5.32 Å². The summed E-state index contributed by atoms with van der Waals surface area (Å²) < 4.78 is 39.8. The number of thiazole rings is 1. The van der Waals surface area contributed by atoms with Gasteiger partial charge in [0.25, 0.3) is 0 Å². The van der Waals surface area contributed by atoms with Gasteiger partial charge >= 0.3 is 6.18 Å². The van der Waals surface area contributed by atoms with E-state index < -0.39 is 12.7 Å². The van der Waals surface area contributed by atoms with E-state index in [1.807, 2.05) is 0 Å². The number of carbonyl (C=O) groups excluding carboxylic acids is 1. The second-order valence-electron chi connectivity index (χ2n) is 4.79. The third-order valence-electron chi connectivity index (χ3n) is 3.28. The van der Waals surface area contributed by atoms with E-state index in [0.29, 0.717) is 17.4 Å². The van der Waals surface area contributed by atoms with E-state index >= 15 is 0 Å². The van der Waals surface area contributed by atoms with Crippen molar-refractivity contribution in [3.63, 3.8) is 0 Å². The molecule has 0 saturated heterocycles. The molecule has 3 aromatic rings.